The van der Waals surface area contributed by atoms with E-state index >= 15 is 0 Å². The highest BCUT2D eigenvalue weighted by Crippen LogP contribution is 2.40. The van der Waals surface area contributed by atoms with Crippen LogP contribution in [0.25, 0.3) is 10.9 Å². The molecule has 5 heteroatoms. The van der Waals surface area contributed by atoms with Gasteiger partial charge in [0.05, 0.1) is 10.9 Å². The number of hydrogen-bond acceptors (Lipinski definition) is 3. The number of amides is 1. The van der Waals surface area contributed by atoms with Crippen molar-refractivity contribution in [1.29, 1.82) is 0 Å². The maximum Gasteiger partial charge on any atom is 0.261 e. The Bertz CT molecular complexity index is 972. The fourth-order valence-corrected chi connectivity index (χ4v) is 4.72. The van der Waals surface area contributed by atoms with Gasteiger partial charge in [0.15, 0.2) is 0 Å². The Hall–Kier alpha value is -2.17. The molecule has 2 heterocycles. The van der Waals surface area contributed by atoms with Crippen molar-refractivity contribution in [3.05, 3.63) is 39.9 Å². The predicted octanol–water partition coefficient (Wildman–Crippen LogP) is 3.92. The van der Waals surface area contributed by atoms with Gasteiger partial charge in [0.25, 0.3) is 11.5 Å². The van der Waals surface area contributed by atoms with E-state index in [0.717, 1.165) is 44.5 Å². The Kier molecular flexibility index (Phi) is 4.48. The summed E-state index contributed by atoms with van der Waals surface area (Å²) in [6.45, 7) is 2.95. The summed E-state index contributed by atoms with van der Waals surface area (Å²) in [7, 11) is 0. The smallest absolute Gasteiger partial charge is 0.261 e. The van der Waals surface area contributed by atoms with Crippen molar-refractivity contribution in [2.24, 2.45) is 5.92 Å². The summed E-state index contributed by atoms with van der Waals surface area (Å²) < 4.78 is 1.86. The van der Waals surface area contributed by atoms with Crippen LogP contribution in [-0.4, -0.2) is 32.4 Å². The van der Waals surface area contributed by atoms with Crippen molar-refractivity contribution < 1.29 is 4.79 Å². The van der Waals surface area contributed by atoms with Gasteiger partial charge in [-0.15, -0.1) is 0 Å². The second kappa shape index (κ2) is 7.02. The van der Waals surface area contributed by atoms with Gasteiger partial charge in [0.2, 0.25) is 0 Å². The minimum absolute atomic E-state index is 0.0475. The van der Waals surface area contributed by atoms with Gasteiger partial charge in [-0.05, 0) is 69.6 Å². The second-order valence-electron chi connectivity index (χ2n) is 8.90. The van der Waals surface area contributed by atoms with Crippen molar-refractivity contribution in [2.45, 2.75) is 83.3 Å². The molecule has 0 N–H and O–H groups in total. The van der Waals surface area contributed by atoms with Crippen LogP contribution in [0.15, 0.2) is 23.0 Å². The van der Waals surface area contributed by atoms with E-state index in [-0.39, 0.29) is 11.5 Å². The molecule has 5 rings (SSSR count). The van der Waals surface area contributed by atoms with Gasteiger partial charge in [-0.2, -0.15) is 0 Å². The average Bonchev–Trinajstić information content (AvgIpc) is 3.55. The van der Waals surface area contributed by atoms with Gasteiger partial charge < -0.3 is 4.90 Å². The van der Waals surface area contributed by atoms with Gasteiger partial charge in [0, 0.05) is 30.6 Å². The molecule has 0 spiro atoms. The maximum absolute atomic E-state index is 13.3. The molecule has 28 heavy (non-hydrogen) atoms. The Balaban J connectivity index is 1.52. The minimum Gasteiger partial charge on any atom is -0.333 e. The van der Waals surface area contributed by atoms with Crippen LogP contribution >= 0.6 is 0 Å². The van der Waals surface area contributed by atoms with Gasteiger partial charge in [-0.3, -0.25) is 14.2 Å². The third-order valence-electron chi connectivity index (χ3n) is 6.73. The summed E-state index contributed by atoms with van der Waals surface area (Å²) in [6, 6.07) is 6.21. The van der Waals surface area contributed by atoms with E-state index in [9.17, 15) is 9.59 Å². The van der Waals surface area contributed by atoms with E-state index in [2.05, 4.69) is 11.8 Å². The van der Waals surface area contributed by atoms with Crippen LogP contribution in [0.1, 0.15) is 74.5 Å². The van der Waals surface area contributed by atoms with Gasteiger partial charge in [-0.1, -0.05) is 12.8 Å². The lowest BCUT2D eigenvalue weighted by atomic mass is 10.1. The first-order valence-electron chi connectivity index (χ1n) is 11.0. The Morgan fingerprint density at radius 1 is 1.14 bits per heavy atom. The van der Waals surface area contributed by atoms with Crippen molar-refractivity contribution in [3.8, 4) is 0 Å². The zero-order chi connectivity index (χ0) is 19.3. The van der Waals surface area contributed by atoms with Crippen LogP contribution in [0.4, 0.5) is 0 Å². The number of carbonyl (C=O) groups is 1. The molecule has 1 atom stereocenters. The summed E-state index contributed by atoms with van der Waals surface area (Å²) in [4.78, 5) is 33.3. The van der Waals surface area contributed by atoms with Gasteiger partial charge in [-0.25, -0.2) is 4.98 Å². The molecule has 0 bridgehead atoms. The normalized spacial score (nSPS) is 20.9. The van der Waals surface area contributed by atoms with Crippen LogP contribution in [0.3, 0.4) is 0 Å². The molecule has 2 aromatic rings. The molecule has 2 saturated carbocycles. The predicted molar refractivity (Wildman–Crippen MR) is 110 cm³/mol. The largest absolute Gasteiger partial charge is 0.333 e. The van der Waals surface area contributed by atoms with Crippen LogP contribution in [-0.2, 0) is 13.0 Å². The molecule has 1 aromatic carbocycles. The Labute approximate surface area is 165 Å². The van der Waals surface area contributed by atoms with E-state index < -0.39 is 0 Å². The Morgan fingerprint density at radius 3 is 2.68 bits per heavy atom. The lowest BCUT2D eigenvalue weighted by Crippen LogP contribution is -2.41. The number of benzene rings is 1. The van der Waals surface area contributed by atoms with E-state index in [4.69, 9.17) is 4.98 Å². The molecule has 2 fully saturated rings. The second-order valence-corrected chi connectivity index (χ2v) is 8.90. The van der Waals surface area contributed by atoms with Crippen LogP contribution < -0.4 is 5.56 Å². The van der Waals surface area contributed by atoms with E-state index in [0.29, 0.717) is 34.5 Å². The number of fused-ring (bicyclic) bond motifs is 2. The topological polar surface area (TPSA) is 55.2 Å². The first kappa shape index (κ1) is 17.9. The standard InChI is InChI=1S/C23H29N3O2/c1-15(16-7-8-16)26(18-10-11-18)22(27)17-9-12-19-20(14-17)24-21-6-4-2-3-5-13-25(21)23(19)28/h9,12,14-16,18H,2-8,10-11,13H2,1H3/t15-/m0/s1. The molecular weight excluding hydrogens is 350 g/mol. The number of rotatable bonds is 4. The average molecular weight is 380 g/mol. The van der Waals surface area contributed by atoms with Gasteiger partial charge >= 0.3 is 0 Å². The SMILES string of the molecule is C[C@@H](C1CC1)N(C(=O)c1ccc2c(=O)n3c(nc2c1)CCCCCC3)C1CC1. The quantitative estimate of drug-likeness (QED) is 0.809. The minimum atomic E-state index is 0.0475. The third-order valence-corrected chi connectivity index (χ3v) is 6.73. The highest BCUT2D eigenvalue weighted by molar-refractivity contribution is 5.98. The molecule has 5 nitrogen and oxygen atoms in total. The molecule has 148 valence electrons. The van der Waals surface area contributed by atoms with Crippen LogP contribution in [0.2, 0.25) is 0 Å². The monoisotopic (exact) mass is 379 g/mol. The first-order chi connectivity index (χ1) is 13.6. The number of aromatic nitrogens is 2. The fraction of sp³-hybridized carbons (Fsp3) is 0.609. The molecule has 0 unspecified atom stereocenters. The first-order valence-corrected chi connectivity index (χ1v) is 11.0. The van der Waals surface area contributed by atoms with E-state index in [1.165, 1.54) is 25.7 Å². The molecule has 1 aromatic heterocycles. The highest BCUT2D eigenvalue weighted by Gasteiger charge is 2.41. The van der Waals surface area contributed by atoms with Crippen molar-refractivity contribution in [3.63, 3.8) is 0 Å². The molecule has 1 amide bonds. The van der Waals surface area contributed by atoms with Crippen molar-refractivity contribution >= 4 is 16.8 Å². The summed E-state index contributed by atoms with van der Waals surface area (Å²) in [5.41, 5.74) is 1.40. The summed E-state index contributed by atoms with van der Waals surface area (Å²) in [5.74, 6) is 1.65. The number of hydrogen-bond donors (Lipinski definition) is 0. The lowest BCUT2D eigenvalue weighted by molar-refractivity contribution is 0.0654. The Morgan fingerprint density at radius 2 is 1.93 bits per heavy atom. The molecule has 0 saturated heterocycles. The fourth-order valence-electron chi connectivity index (χ4n) is 4.72. The molecule has 3 aliphatic rings. The molecule has 0 radical (unpaired) electrons. The summed E-state index contributed by atoms with van der Waals surface area (Å²) >= 11 is 0. The maximum atomic E-state index is 13.3. The molecule has 1 aliphatic heterocycles. The van der Waals surface area contributed by atoms with Crippen LogP contribution in [0, 0.1) is 5.92 Å². The lowest BCUT2D eigenvalue weighted by Gasteiger charge is -2.29. The van der Waals surface area contributed by atoms with E-state index in [1.807, 2.05) is 22.8 Å². The zero-order valence-corrected chi connectivity index (χ0v) is 16.7. The number of carbonyl (C=O) groups excluding carboxylic acids is 1. The van der Waals surface area contributed by atoms with E-state index in [1.54, 1.807) is 0 Å². The van der Waals surface area contributed by atoms with Gasteiger partial charge in [0.1, 0.15) is 5.82 Å². The summed E-state index contributed by atoms with van der Waals surface area (Å²) in [5, 5.41) is 0.633. The highest BCUT2D eigenvalue weighted by atomic mass is 16.2. The van der Waals surface area contributed by atoms with Crippen molar-refractivity contribution in [1.82, 2.24) is 14.5 Å². The summed E-state index contributed by atoms with van der Waals surface area (Å²) in [6.07, 6.45) is 10.0. The molecule has 2 aliphatic carbocycles. The number of aryl methyl sites for hydroxylation is 1. The molecular formula is C23H29N3O2. The zero-order valence-electron chi connectivity index (χ0n) is 16.7. The van der Waals surface area contributed by atoms with Crippen LogP contribution in [0.5, 0.6) is 0 Å². The third kappa shape index (κ3) is 3.25. The van der Waals surface area contributed by atoms with Crippen molar-refractivity contribution in [2.75, 3.05) is 0 Å². The number of nitrogens with zero attached hydrogens (tertiary/aromatic N) is 3.